The van der Waals surface area contributed by atoms with Gasteiger partial charge in [0.2, 0.25) is 0 Å². The van der Waals surface area contributed by atoms with E-state index in [0.717, 1.165) is 46.9 Å². The summed E-state index contributed by atoms with van der Waals surface area (Å²) in [4.78, 5) is 4.09. The van der Waals surface area contributed by atoms with Gasteiger partial charge in [0, 0.05) is 67.4 Å². The number of alkyl halides is 2. The van der Waals surface area contributed by atoms with Crippen molar-refractivity contribution in [2.75, 3.05) is 38.5 Å². The molecule has 3 rings (SSSR count). The fraction of sp³-hybridized carbons (Fsp3) is 0.389. The minimum absolute atomic E-state index is 0.153. The van der Waals surface area contributed by atoms with Crippen molar-refractivity contribution in [3.63, 3.8) is 0 Å². The van der Waals surface area contributed by atoms with E-state index in [0.29, 0.717) is 36.3 Å². The summed E-state index contributed by atoms with van der Waals surface area (Å²) in [5, 5.41) is 3.43. The number of rotatable bonds is 12. The van der Waals surface area contributed by atoms with Crippen molar-refractivity contribution < 1.29 is 13.2 Å². The molecule has 0 radical (unpaired) electrons. The van der Waals surface area contributed by atoms with Gasteiger partial charge in [0.1, 0.15) is 5.82 Å². The largest absolute Gasteiger partial charge is 0.398 e. The normalized spacial score (nSPS) is 18.3. The maximum atomic E-state index is 15.2. The van der Waals surface area contributed by atoms with Crippen LogP contribution in [0.1, 0.15) is 57.6 Å². The Morgan fingerprint density at radius 2 is 1.79 bits per heavy atom. The zero-order valence-electron chi connectivity index (χ0n) is 26.0. The first-order valence-electron chi connectivity index (χ1n) is 14.7. The van der Waals surface area contributed by atoms with Gasteiger partial charge in [0.15, 0.2) is 0 Å². The van der Waals surface area contributed by atoms with Crippen LogP contribution in [0.3, 0.4) is 0 Å². The van der Waals surface area contributed by atoms with Crippen LogP contribution in [0.2, 0.25) is 0 Å². The number of nitrogens with two attached hydrogens (primary N) is 1. The molecule has 0 amide bonds. The van der Waals surface area contributed by atoms with Gasteiger partial charge in [-0.05, 0) is 80.5 Å². The summed E-state index contributed by atoms with van der Waals surface area (Å²) in [7, 11) is 0. The number of halogens is 3. The lowest BCUT2D eigenvalue weighted by atomic mass is 9.96. The van der Waals surface area contributed by atoms with Crippen LogP contribution in [0.15, 0.2) is 90.5 Å². The fourth-order valence-corrected chi connectivity index (χ4v) is 5.43. The summed E-state index contributed by atoms with van der Waals surface area (Å²) in [5.74, 6) is -3.12. The van der Waals surface area contributed by atoms with E-state index in [1.54, 1.807) is 29.2 Å². The van der Waals surface area contributed by atoms with Crippen LogP contribution < -0.4 is 11.1 Å². The number of terminal acetylenes is 1. The van der Waals surface area contributed by atoms with Crippen molar-refractivity contribution in [3.05, 3.63) is 107 Å². The monoisotopic (exact) mass is 592 g/mol. The molecule has 0 spiro atoms. The highest BCUT2D eigenvalue weighted by molar-refractivity contribution is 5.77. The van der Waals surface area contributed by atoms with Crippen molar-refractivity contribution >= 4 is 11.3 Å². The molecule has 2 saturated heterocycles. The maximum absolute atomic E-state index is 15.2. The molecule has 0 aromatic heterocycles. The fourth-order valence-electron chi connectivity index (χ4n) is 5.43. The third-order valence-electron chi connectivity index (χ3n) is 7.80. The van der Waals surface area contributed by atoms with Crippen molar-refractivity contribution in [3.8, 4) is 12.8 Å². The van der Waals surface area contributed by atoms with Crippen molar-refractivity contribution in [1.29, 1.82) is 0 Å². The van der Waals surface area contributed by atoms with Gasteiger partial charge in [-0.2, -0.15) is 0 Å². The van der Waals surface area contributed by atoms with Gasteiger partial charge >= 0.3 is 0 Å². The molecule has 43 heavy (non-hydrogen) atoms. The maximum Gasteiger partial charge on any atom is 0.261 e. The Hall–Kier alpha value is -3.89. The molecule has 2 heterocycles. The Morgan fingerprint density at radius 1 is 1.12 bits per heavy atom. The van der Waals surface area contributed by atoms with Crippen LogP contribution in [0.25, 0.3) is 5.57 Å². The van der Waals surface area contributed by atoms with E-state index in [1.807, 2.05) is 19.9 Å². The number of nitrogens with zero attached hydrogens (tertiary/aromatic N) is 2. The number of nitrogens with one attached hydrogen (secondary N) is 1. The van der Waals surface area contributed by atoms with Crippen molar-refractivity contribution in [2.24, 2.45) is 0 Å². The van der Waals surface area contributed by atoms with Gasteiger partial charge in [-0.25, -0.2) is 13.2 Å². The molecule has 0 unspecified atom stereocenters. The average molecular weight is 593 g/mol. The van der Waals surface area contributed by atoms with E-state index in [9.17, 15) is 8.78 Å². The van der Waals surface area contributed by atoms with E-state index in [1.165, 1.54) is 25.3 Å². The number of hydrogen-bond donors (Lipinski definition) is 2. The SMILES string of the molecule is C#C.C=C/C=C(\C(C)=C(/C)NC(=C)Cc1cc(C(/C=C(\C=C)CN2CCC(F)(F)C2)=C/C)c(F)cc1N)N1CCCCC1. The first-order valence-corrected chi connectivity index (χ1v) is 14.7. The highest BCUT2D eigenvalue weighted by Crippen LogP contribution is 2.30. The zero-order valence-corrected chi connectivity index (χ0v) is 26.0. The quantitative estimate of drug-likeness (QED) is 0.147. The zero-order chi connectivity index (χ0) is 32.2. The summed E-state index contributed by atoms with van der Waals surface area (Å²) in [5.41, 5.74) is 13.1. The molecule has 0 aliphatic carbocycles. The Kier molecular flexibility index (Phi) is 13.7. The molecule has 0 bridgehead atoms. The van der Waals surface area contributed by atoms with Gasteiger partial charge in [-0.15, -0.1) is 12.8 Å². The first-order chi connectivity index (χ1) is 20.5. The van der Waals surface area contributed by atoms with E-state index in [-0.39, 0.29) is 13.0 Å². The van der Waals surface area contributed by atoms with Crippen LogP contribution in [-0.2, 0) is 6.42 Å². The highest BCUT2D eigenvalue weighted by Gasteiger charge is 2.38. The topological polar surface area (TPSA) is 44.5 Å². The molecule has 2 aliphatic heterocycles. The number of hydrogen-bond acceptors (Lipinski definition) is 4. The molecule has 4 nitrogen and oxygen atoms in total. The Bertz CT molecular complexity index is 1310. The van der Waals surface area contributed by atoms with Gasteiger partial charge in [-0.1, -0.05) is 44.0 Å². The molecule has 2 aliphatic rings. The number of nitrogen functional groups attached to an aromatic ring is 1. The molecule has 232 valence electrons. The van der Waals surface area contributed by atoms with Crippen LogP contribution in [0, 0.1) is 18.7 Å². The molecule has 1 aromatic rings. The molecule has 3 N–H and O–H groups in total. The Balaban J connectivity index is 0.00000316. The number of benzene rings is 1. The van der Waals surface area contributed by atoms with Crippen LogP contribution in [-0.4, -0.2) is 48.4 Å². The lowest BCUT2D eigenvalue weighted by Gasteiger charge is -2.32. The molecule has 2 fully saturated rings. The van der Waals surface area contributed by atoms with E-state index in [4.69, 9.17) is 5.73 Å². The summed E-state index contributed by atoms with van der Waals surface area (Å²) >= 11 is 0. The average Bonchev–Trinajstić information content (AvgIpc) is 3.34. The summed E-state index contributed by atoms with van der Waals surface area (Å²) < 4.78 is 42.5. The minimum atomic E-state index is -2.67. The van der Waals surface area contributed by atoms with E-state index >= 15 is 4.39 Å². The standard InChI is InChI=1S/C34H45F3N4.C2H2/c1-7-13-33(41-15-11-10-12-16-41)25(5)26(6)39-24(4)18-29-20-30(31(35)21-32(29)38)28(9-3)19-27(8-2)22-40-17-14-34(36,37)23-40;1-2/h7-9,13,19-21,39H,1-2,4,10-12,14-18,22-23,38H2,3,5-6H3;1-2H/b26-25+,27-19+,28-9+,33-13+;. The second-order valence-corrected chi connectivity index (χ2v) is 11.0. The lowest BCUT2D eigenvalue weighted by molar-refractivity contribution is 0.0131. The molecular weight excluding hydrogens is 545 g/mol. The third-order valence-corrected chi connectivity index (χ3v) is 7.80. The van der Waals surface area contributed by atoms with Gasteiger partial charge in [0.05, 0.1) is 6.54 Å². The number of anilines is 1. The first kappa shape index (κ1) is 35.3. The molecule has 0 saturated carbocycles. The smallest absolute Gasteiger partial charge is 0.261 e. The number of piperidine rings is 1. The van der Waals surface area contributed by atoms with Gasteiger partial charge in [0.25, 0.3) is 5.92 Å². The number of likely N-dealkylation sites (tertiary alicyclic amines) is 2. The predicted octanol–water partition coefficient (Wildman–Crippen LogP) is 8.01. The minimum Gasteiger partial charge on any atom is -0.398 e. The Morgan fingerprint density at radius 3 is 2.35 bits per heavy atom. The van der Waals surface area contributed by atoms with Crippen LogP contribution in [0.5, 0.6) is 0 Å². The number of allylic oxidation sites excluding steroid dienone is 8. The molecule has 7 heteroatoms. The Labute approximate surface area is 256 Å². The van der Waals surface area contributed by atoms with Gasteiger partial charge < -0.3 is 16.0 Å². The van der Waals surface area contributed by atoms with Crippen molar-refractivity contribution in [1.82, 2.24) is 15.1 Å². The predicted molar refractivity (Wildman–Crippen MR) is 177 cm³/mol. The van der Waals surface area contributed by atoms with E-state index in [2.05, 4.69) is 55.8 Å². The summed E-state index contributed by atoms with van der Waals surface area (Å²) in [6.07, 6.45) is 21.0. The summed E-state index contributed by atoms with van der Waals surface area (Å²) in [6.45, 7) is 20.3. The van der Waals surface area contributed by atoms with Crippen LogP contribution in [0.4, 0.5) is 18.9 Å². The molecular formula is C36H47F3N4. The second-order valence-electron chi connectivity index (χ2n) is 11.0. The highest BCUT2D eigenvalue weighted by atomic mass is 19.3. The van der Waals surface area contributed by atoms with E-state index < -0.39 is 11.7 Å². The molecule has 1 aromatic carbocycles. The van der Waals surface area contributed by atoms with Crippen molar-refractivity contribution in [2.45, 2.75) is 58.8 Å². The lowest BCUT2D eigenvalue weighted by Crippen LogP contribution is -2.30. The second kappa shape index (κ2) is 16.7. The molecule has 0 atom stereocenters. The van der Waals surface area contributed by atoms with Crippen LogP contribution >= 0.6 is 0 Å². The van der Waals surface area contributed by atoms with Gasteiger partial charge in [-0.3, -0.25) is 4.90 Å². The third kappa shape index (κ3) is 10.1. The summed E-state index contributed by atoms with van der Waals surface area (Å²) in [6, 6.07) is 3.08.